The van der Waals surface area contributed by atoms with E-state index < -0.39 is 0 Å². The number of aromatic nitrogens is 3. The van der Waals surface area contributed by atoms with Crippen LogP contribution >= 0.6 is 0 Å². The largest absolute Gasteiger partial charge is 0.455 e. The maximum atomic E-state index is 6.68. The van der Waals surface area contributed by atoms with E-state index in [9.17, 15) is 0 Å². The van der Waals surface area contributed by atoms with E-state index in [2.05, 4.69) is 164 Å². The summed E-state index contributed by atoms with van der Waals surface area (Å²) in [5.74, 6) is 0.684. The molecule has 0 saturated heterocycles. The molecule has 0 aliphatic rings. The van der Waals surface area contributed by atoms with Crippen LogP contribution in [0.5, 0.6) is 0 Å². The Hall–Kier alpha value is -7.69. The van der Waals surface area contributed by atoms with Gasteiger partial charge in [-0.1, -0.05) is 182 Å². The fraction of sp³-hybridized carbons (Fsp3) is 0. The summed E-state index contributed by atoms with van der Waals surface area (Å²) in [5.41, 5.74) is 13.8. The predicted molar refractivity (Wildman–Crippen MR) is 235 cm³/mol. The Kier molecular flexibility index (Phi) is 7.78. The number of nitrogens with zero attached hydrogens (tertiary/aromatic N) is 3. The second-order valence-corrected chi connectivity index (χ2v) is 14.3. The number of benzene rings is 8. The molecule has 11 aromatic rings. The topological polar surface area (TPSA) is 51.8 Å². The third-order valence-corrected chi connectivity index (χ3v) is 10.9. The summed E-state index contributed by atoms with van der Waals surface area (Å²) in [6, 6.07) is 69.5. The average molecular weight is 728 g/mol. The molecule has 0 atom stereocenters. The summed E-state index contributed by atoms with van der Waals surface area (Å²) in [6.45, 7) is 0. The molecule has 0 amide bonds. The zero-order valence-corrected chi connectivity index (χ0v) is 30.8. The van der Waals surface area contributed by atoms with Crippen molar-refractivity contribution in [2.45, 2.75) is 0 Å². The van der Waals surface area contributed by atoms with Crippen molar-refractivity contribution < 1.29 is 4.42 Å². The minimum atomic E-state index is 0.684. The minimum Gasteiger partial charge on any atom is -0.455 e. The number of fused-ring (bicyclic) bond motifs is 6. The Morgan fingerprint density at radius 1 is 0.351 bits per heavy atom. The predicted octanol–water partition coefficient (Wildman–Crippen LogP) is 14.1. The lowest BCUT2D eigenvalue weighted by Crippen LogP contribution is -1.96. The standard InChI is InChI=1S/C53H33N3O/c1-3-13-34(14-4-1)35-25-31-40(32-26-35)53-54-46(38-16-5-2-6-17-38)33-47(55-53)39-29-27-37(28-30-39)42-21-12-23-45-50(42)56-51(43-22-11-18-36-15-7-8-19-41(36)43)49-44-20-9-10-24-48(44)57-52(45)49/h1-33H. The molecule has 0 spiro atoms. The van der Waals surface area contributed by atoms with Crippen molar-refractivity contribution in [3.05, 3.63) is 200 Å². The number of rotatable bonds is 6. The first-order valence-corrected chi connectivity index (χ1v) is 19.2. The van der Waals surface area contributed by atoms with Gasteiger partial charge in [0.2, 0.25) is 0 Å². The summed E-state index contributed by atoms with van der Waals surface area (Å²) in [7, 11) is 0. The molecule has 8 aromatic carbocycles. The van der Waals surface area contributed by atoms with Gasteiger partial charge in [0, 0.05) is 38.6 Å². The van der Waals surface area contributed by atoms with E-state index in [0.717, 1.165) is 94.3 Å². The molecule has 266 valence electrons. The molecule has 0 radical (unpaired) electrons. The number of pyridine rings is 1. The van der Waals surface area contributed by atoms with Gasteiger partial charge in [0.25, 0.3) is 0 Å². The van der Waals surface area contributed by atoms with Crippen molar-refractivity contribution in [3.63, 3.8) is 0 Å². The summed E-state index contributed by atoms with van der Waals surface area (Å²) in [6.07, 6.45) is 0. The fourth-order valence-corrected chi connectivity index (χ4v) is 8.09. The van der Waals surface area contributed by atoms with Gasteiger partial charge < -0.3 is 4.42 Å². The second-order valence-electron chi connectivity index (χ2n) is 14.3. The molecule has 4 nitrogen and oxygen atoms in total. The lowest BCUT2D eigenvalue weighted by atomic mass is 9.95. The highest BCUT2D eigenvalue weighted by atomic mass is 16.3. The normalized spacial score (nSPS) is 11.5. The third kappa shape index (κ3) is 5.74. The maximum absolute atomic E-state index is 6.68. The zero-order chi connectivity index (χ0) is 37.7. The van der Waals surface area contributed by atoms with Gasteiger partial charge in [-0.3, -0.25) is 0 Å². The summed E-state index contributed by atoms with van der Waals surface area (Å²) in [5, 5.41) is 5.41. The molecule has 3 aromatic heterocycles. The van der Waals surface area contributed by atoms with Gasteiger partial charge in [0.1, 0.15) is 11.2 Å². The van der Waals surface area contributed by atoms with Crippen molar-refractivity contribution in [3.8, 4) is 67.4 Å². The highest BCUT2D eigenvalue weighted by Gasteiger charge is 2.21. The monoisotopic (exact) mass is 727 g/mol. The van der Waals surface area contributed by atoms with E-state index in [1.54, 1.807) is 0 Å². The van der Waals surface area contributed by atoms with Gasteiger partial charge in [-0.25, -0.2) is 15.0 Å². The van der Waals surface area contributed by atoms with Gasteiger partial charge in [-0.2, -0.15) is 0 Å². The Morgan fingerprint density at radius 3 is 1.65 bits per heavy atom. The maximum Gasteiger partial charge on any atom is 0.160 e. The van der Waals surface area contributed by atoms with E-state index in [4.69, 9.17) is 19.4 Å². The SMILES string of the molecule is c1ccc(-c2ccc(-c3nc(-c4ccccc4)cc(-c4ccc(-c5cccc6c5nc(-c5cccc7ccccc57)c5c7ccccc7oc65)cc4)n3)cc2)cc1. The van der Waals surface area contributed by atoms with Crippen molar-refractivity contribution in [1.82, 2.24) is 15.0 Å². The highest BCUT2D eigenvalue weighted by Crippen LogP contribution is 2.43. The lowest BCUT2D eigenvalue weighted by Gasteiger charge is -2.13. The van der Waals surface area contributed by atoms with Crippen molar-refractivity contribution >= 4 is 43.6 Å². The Labute approximate surface area is 329 Å². The van der Waals surface area contributed by atoms with Crippen LogP contribution in [0.25, 0.3) is 111 Å². The van der Waals surface area contributed by atoms with Crippen LogP contribution in [0.3, 0.4) is 0 Å². The summed E-state index contributed by atoms with van der Waals surface area (Å²) in [4.78, 5) is 15.7. The van der Waals surface area contributed by atoms with Crippen LogP contribution in [0.4, 0.5) is 0 Å². The molecule has 57 heavy (non-hydrogen) atoms. The fourth-order valence-electron chi connectivity index (χ4n) is 8.09. The molecule has 3 heterocycles. The van der Waals surface area contributed by atoms with Crippen LogP contribution < -0.4 is 0 Å². The van der Waals surface area contributed by atoms with Crippen LogP contribution in [-0.2, 0) is 0 Å². The first kappa shape index (κ1) is 32.7. The molecular weight excluding hydrogens is 695 g/mol. The molecule has 4 heteroatoms. The molecule has 0 N–H and O–H groups in total. The number of furan rings is 1. The van der Waals surface area contributed by atoms with Crippen molar-refractivity contribution in [2.24, 2.45) is 0 Å². The van der Waals surface area contributed by atoms with Gasteiger partial charge in [-0.05, 0) is 45.7 Å². The molecule has 0 fully saturated rings. The van der Waals surface area contributed by atoms with E-state index in [1.807, 2.05) is 36.4 Å². The molecular formula is C53H33N3O. The van der Waals surface area contributed by atoms with Crippen LogP contribution in [-0.4, -0.2) is 15.0 Å². The smallest absolute Gasteiger partial charge is 0.160 e. The lowest BCUT2D eigenvalue weighted by molar-refractivity contribution is 0.672. The Morgan fingerprint density at radius 2 is 0.877 bits per heavy atom. The zero-order valence-electron chi connectivity index (χ0n) is 30.8. The minimum absolute atomic E-state index is 0.684. The van der Waals surface area contributed by atoms with Gasteiger partial charge in [0.05, 0.1) is 28.0 Å². The van der Waals surface area contributed by atoms with Crippen molar-refractivity contribution in [1.29, 1.82) is 0 Å². The van der Waals surface area contributed by atoms with Gasteiger partial charge in [-0.15, -0.1) is 0 Å². The molecule has 0 unspecified atom stereocenters. The quantitative estimate of drug-likeness (QED) is 0.171. The molecule has 11 rings (SSSR count). The summed E-state index contributed by atoms with van der Waals surface area (Å²) < 4.78 is 6.68. The van der Waals surface area contributed by atoms with Crippen LogP contribution in [0.15, 0.2) is 205 Å². The molecule has 0 aliphatic heterocycles. The average Bonchev–Trinajstić information content (AvgIpc) is 3.69. The van der Waals surface area contributed by atoms with Crippen LogP contribution in [0, 0.1) is 0 Å². The van der Waals surface area contributed by atoms with E-state index in [1.165, 1.54) is 10.9 Å². The number of hydrogen-bond acceptors (Lipinski definition) is 4. The number of para-hydroxylation sites is 2. The Bertz CT molecular complexity index is 3260. The van der Waals surface area contributed by atoms with E-state index >= 15 is 0 Å². The molecule has 0 bridgehead atoms. The Balaban J connectivity index is 1.04. The van der Waals surface area contributed by atoms with Crippen LogP contribution in [0.2, 0.25) is 0 Å². The first-order chi connectivity index (χ1) is 28.2. The van der Waals surface area contributed by atoms with Gasteiger partial charge in [0.15, 0.2) is 5.82 Å². The van der Waals surface area contributed by atoms with Crippen molar-refractivity contribution in [2.75, 3.05) is 0 Å². The van der Waals surface area contributed by atoms with Crippen LogP contribution in [0.1, 0.15) is 0 Å². The van der Waals surface area contributed by atoms with E-state index in [-0.39, 0.29) is 0 Å². The first-order valence-electron chi connectivity index (χ1n) is 19.2. The number of hydrogen-bond donors (Lipinski definition) is 0. The molecule has 0 saturated carbocycles. The van der Waals surface area contributed by atoms with E-state index in [0.29, 0.717) is 5.82 Å². The van der Waals surface area contributed by atoms with Gasteiger partial charge >= 0.3 is 0 Å². The second kappa shape index (κ2) is 13.6. The summed E-state index contributed by atoms with van der Waals surface area (Å²) >= 11 is 0. The molecule has 0 aliphatic carbocycles. The highest BCUT2D eigenvalue weighted by molar-refractivity contribution is 6.22. The third-order valence-electron chi connectivity index (χ3n) is 10.9.